The topological polar surface area (TPSA) is 97.0 Å². The molecule has 29 heavy (non-hydrogen) atoms. The van der Waals surface area contributed by atoms with E-state index in [2.05, 4.69) is 16.3 Å². The minimum absolute atomic E-state index is 0.0641. The number of benzene rings is 2. The van der Waals surface area contributed by atoms with Crippen molar-refractivity contribution in [3.8, 4) is 17.7 Å². The Bertz CT molecular complexity index is 1150. The Kier molecular flexibility index (Phi) is 5.10. The van der Waals surface area contributed by atoms with E-state index >= 15 is 0 Å². The molecule has 0 unspecified atom stereocenters. The fourth-order valence-electron chi connectivity index (χ4n) is 3.29. The number of H-pyrrole nitrogens is 1. The number of nitrogens with two attached hydrogens (primary N) is 1. The predicted molar refractivity (Wildman–Crippen MR) is 110 cm³/mol. The summed E-state index contributed by atoms with van der Waals surface area (Å²) in [4.78, 5) is 0. The van der Waals surface area contributed by atoms with E-state index in [4.69, 9.17) is 38.4 Å². The number of rotatable bonds is 4. The van der Waals surface area contributed by atoms with Gasteiger partial charge in [-0.25, -0.2) is 0 Å². The second kappa shape index (κ2) is 7.70. The van der Waals surface area contributed by atoms with E-state index in [0.29, 0.717) is 33.9 Å². The summed E-state index contributed by atoms with van der Waals surface area (Å²) in [7, 11) is 0. The molecule has 2 aromatic carbocycles. The van der Waals surface area contributed by atoms with Gasteiger partial charge in [0.2, 0.25) is 11.8 Å². The van der Waals surface area contributed by atoms with Crippen LogP contribution in [0, 0.1) is 18.3 Å². The van der Waals surface area contributed by atoms with E-state index in [-0.39, 0.29) is 11.8 Å². The second-order valence-corrected chi connectivity index (χ2v) is 7.43. The van der Waals surface area contributed by atoms with Crippen LogP contribution in [0.25, 0.3) is 0 Å². The number of nitriles is 1. The highest BCUT2D eigenvalue weighted by Crippen LogP contribution is 2.42. The van der Waals surface area contributed by atoms with Crippen molar-refractivity contribution in [1.29, 1.82) is 5.26 Å². The lowest BCUT2D eigenvalue weighted by atomic mass is 9.84. The number of aromatic amines is 1. The van der Waals surface area contributed by atoms with Crippen molar-refractivity contribution in [1.82, 2.24) is 10.2 Å². The van der Waals surface area contributed by atoms with Gasteiger partial charge in [0.15, 0.2) is 0 Å². The van der Waals surface area contributed by atoms with Crippen LogP contribution in [0.4, 0.5) is 0 Å². The van der Waals surface area contributed by atoms with E-state index in [9.17, 15) is 5.26 Å². The SMILES string of the molecule is Cc1[nH]nc2c1[C@@H](c1ccc(OCc3ccc(Cl)cc3Cl)cc1)C(C#N)=C(N)O2. The minimum Gasteiger partial charge on any atom is -0.489 e. The van der Waals surface area contributed by atoms with Gasteiger partial charge < -0.3 is 15.2 Å². The van der Waals surface area contributed by atoms with Crippen LogP contribution in [0.5, 0.6) is 11.6 Å². The molecule has 0 saturated heterocycles. The Morgan fingerprint density at radius 2 is 2.00 bits per heavy atom. The van der Waals surface area contributed by atoms with Gasteiger partial charge in [0, 0.05) is 26.9 Å². The molecule has 8 heteroatoms. The third kappa shape index (κ3) is 3.63. The van der Waals surface area contributed by atoms with Crippen molar-refractivity contribution in [3.63, 3.8) is 0 Å². The van der Waals surface area contributed by atoms with E-state index in [1.165, 1.54) is 0 Å². The van der Waals surface area contributed by atoms with E-state index in [1.54, 1.807) is 12.1 Å². The maximum absolute atomic E-state index is 9.61. The van der Waals surface area contributed by atoms with Gasteiger partial charge in [0.1, 0.15) is 24.0 Å². The molecule has 0 fully saturated rings. The van der Waals surface area contributed by atoms with Crippen molar-refractivity contribution in [2.75, 3.05) is 0 Å². The number of ether oxygens (including phenoxy) is 2. The van der Waals surface area contributed by atoms with Crippen molar-refractivity contribution in [3.05, 3.63) is 86.4 Å². The van der Waals surface area contributed by atoms with Crippen LogP contribution >= 0.6 is 23.2 Å². The smallest absolute Gasteiger partial charge is 0.244 e. The maximum Gasteiger partial charge on any atom is 0.244 e. The van der Waals surface area contributed by atoms with E-state index < -0.39 is 0 Å². The first kappa shape index (κ1) is 19.2. The number of hydrogen-bond donors (Lipinski definition) is 2. The van der Waals surface area contributed by atoms with Gasteiger partial charge in [-0.3, -0.25) is 5.10 Å². The Morgan fingerprint density at radius 3 is 2.69 bits per heavy atom. The largest absolute Gasteiger partial charge is 0.489 e. The number of nitrogens with zero attached hydrogens (tertiary/aromatic N) is 2. The third-order valence-electron chi connectivity index (χ3n) is 4.75. The molecule has 0 saturated carbocycles. The summed E-state index contributed by atoms with van der Waals surface area (Å²) in [6.45, 7) is 2.19. The summed E-state index contributed by atoms with van der Waals surface area (Å²) in [6.07, 6.45) is 0. The van der Waals surface area contributed by atoms with Crippen molar-refractivity contribution in [2.45, 2.75) is 19.4 Å². The number of fused-ring (bicyclic) bond motifs is 1. The van der Waals surface area contributed by atoms with Crippen molar-refractivity contribution < 1.29 is 9.47 Å². The van der Waals surface area contributed by atoms with Crippen LogP contribution in [-0.2, 0) is 6.61 Å². The maximum atomic E-state index is 9.61. The Balaban J connectivity index is 1.59. The average molecular weight is 427 g/mol. The quantitative estimate of drug-likeness (QED) is 0.622. The molecule has 1 aliphatic rings. The molecule has 0 radical (unpaired) electrons. The van der Waals surface area contributed by atoms with E-state index in [1.807, 2.05) is 37.3 Å². The summed E-state index contributed by atoms with van der Waals surface area (Å²) in [6, 6.07) is 14.9. The summed E-state index contributed by atoms with van der Waals surface area (Å²) >= 11 is 12.1. The molecule has 0 aliphatic carbocycles. The zero-order valence-corrected chi connectivity index (χ0v) is 16.9. The molecular formula is C21H16Cl2N4O2. The molecule has 4 rings (SSSR count). The summed E-state index contributed by atoms with van der Waals surface area (Å²) in [5.41, 5.74) is 9.64. The Morgan fingerprint density at radius 1 is 1.24 bits per heavy atom. The van der Waals surface area contributed by atoms with Crippen molar-refractivity contribution >= 4 is 23.2 Å². The average Bonchev–Trinajstić information content (AvgIpc) is 3.07. The molecule has 0 bridgehead atoms. The number of hydrogen-bond acceptors (Lipinski definition) is 5. The van der Waals surface area contributed by atoms with Gasteiger partial charge in [0.25, 0.3) is 0 Å². The van der Waals surface area contributed by atoms with Gasteiger partial charge in [-0.1, -0.05) is 41.4 Å². The zero-order chi connectivity index (χ0) is 20.5. The minimum atomic E-state index is -0.359. The highest BCUT2D eigenvalue weighted by atomic mass is 35.5. The standard InChI is InChI=1S/C21H16Cl2N4O2/c1-11-18-19(16(9-24)20(25)29-21(18)27-26-11)12-3-6-15(7-4-12)28-10-13-2-5-14(22)8-17(13)23/h2-8,19H,10,25H2,1H3,(H,26,27)/t19-/m0/s1. The lowest BCUT2D eigenvalue weighted by Gasteiger charge is -2.23. The Labute approximate surface area is 177 Å². The molecule has 1 atom stereocenters. The lowest BCUT2D eigenvalue weighted by molar-refractivity contribution is 0.306. The lowest BCUT2D eigenvalue weighted by Crippen LogP contribution is -2.21. The first-order valence-electron chi connectivity index (χ1n) is 8.77. The monoisotopic (exact) mass is 426 g/mol. The number of halogens is 2. The third-order valence-corrected chi connectivity index (χ3v) is 5.34. The first-order valence-corrected chi connectivity index (χ1v) is 9.52. The van der Waals surface area contributed by atoms with Gasteiger partial charge >= 0.3 is 0 Å². The van der Waals surface area contributed by atoms with Crippen LogP contribution in [0.3, 0.4) is 0 Å². The summed E-state index contributed by atoms with van der Waals surface area (Å²) in [5.74, 6) is 0.768. The summed E-state index contributed by atoms with van der Waals surface area (Å²) < 4.78 is 11.3. The molecular weight excluding hydrogens is 411 g/mol. The summed E-state index contributed by atoms with van der Waals surface area (Å²) in [5, 5.41) is 17.8. The zero-order valence-electron chi connectivity index (χ0n) is 15.4. The second-order valence-electron chi connectivity index (χ2n) is 6.59. The number of allylic oxidation sites excluding steroid dienone is 1. The van der Waals surface area contributed by atoms with Gasteiger partial charge in [-0.05, 0) is 36.8 Å². The normalized spacial score (nSPS) is 15.4. The number of aryl methyl sites for hydroxylation is 1. The highest BCUT2D eigenvalue weighted by Gasteiger charge is 2.34. The van der Waals surface area contributed by atoms with Crippen LogP contribution in [0.1, 0.15) is 28.3 Å². The highest BCUT2D eigenvalue weighted by molar-refractivity contribution is 6.35. The molecule has 2 heterocycles. The van der Waals surface area contributed by atoms with Gasteiger partial charge in [0.05, 0.1) is 5.92 Å². The fourth-order valence-corrected chi connectivity index (χ4v) is 3.75. The van der Waals surface area contributed by atoms with Gasteiger partial charge in [-0.2, -0.15) is 5.26 Å². The van der Waals surface area contributed by atoms with Crippen LogP contribution in [0.2, 0.25) is 10.0 Å². The van der Waals surface area contributed by atoms with Crippen molar-refractivity contribution in [2.24, 2.45) is 5.73 Å². The van der Waals surface area contributed by atoms with E-state index in [0.717, 1.165) is 22.4 Å². The van der Waals surface area contributed by atoms with Crippen LogP contribution < -0.4 is 15.2 Å². The number of aromatic nitrogens is 2. The fraction of sp³-hybridized carbons (Fsp3) is 0.143. The first-order chi connectivity index (χ1) is 14.0. The van der Waals surface area contributed by atoms with Crippen LogP contribution in [-0.4, -0.2) is 10.2 Å². The molecule has 0 amide bonds. The number of nitrogens with one attached hydrogen (secondary N) is 1. The van der Waals surface area contributed by atoms with Crippen LogP contribution in [0.15, 0.2) is 53.9 Å². The molecule has 1 aromatic heterocycles. The molecule has 146 valence electrons. The molecule has 3 aromatic rings. The van der Waals surface area contributed by atoms with Gasteiger partial charge in [-0.15, -0.1) is 5.10 Å². The molecule has 1 aliphatic heterocycles. The molecule has 0 spiro atoms. The Hall–Kier alpha value is -3.14. The molecule has 6 nitrogen and oxygen atoms in total. The predicted octanol–water partition coefficient (Wildman–Crippen LogP) is 4.82. The molecule has 3 N–H and O–H groups in total.